The van der Waals surface area contributed by atoms with Crippen molar-refractivity contribution in [1.82, 2.24) is 19.4 Å². The third-order valence-corrected chi connectivity index (χ3v) is 7.57. The SMILES string of the molecule is COCC(=O)N1CC2(CN(Cc3nccs3)C2)c2c(n(C)c3cc(OC)ccc23)[C@H]1CO. The number of rotatable bonds is 6. The molecule has 2 aliphatic rings. The summed E-state index contributed by atoms with van der Waals surface area (Å²) in [5.41, 5.74) is 3.09. The van der Waals surface area contributed by atoms with Crippen molar-refractivity contribution in [3.8, 4) is 5.75 Å². The average molecular weight is 457 g/mol. The Morgan fingerprint density at radius 1 is 1.31 bits per heavy atom. The lowest BCUT2D eigenvalue weighted by atomic mass is 9.68. The highest BCUT2D eigenvalue weighted by atomic mass is 32.1. The molecular formula is C23H28N4O4S. The highest BCUT2D eigenvalue weighted by molar-refractivity contribution is 7.09. The van der Waals surface area contributed by atoms with Gasteiger partial charge in [0.05, 0.1) is 31.8 Å². The molecule has 5 rings (SSSR count). The Hall–Kier alpha value is -2.46. The maximum atomic E-state index is 13.0. The van der Waals surface area contributed by atoms with Crippen LogP contribution < -0.4 is 4.74 Å². The predicted octanol–water partition coefficient (Wildman–Crippen LogP) is 1.92. The number of aliphatic hydroxyl groups is 1. The monoisotopic (exact) mass is 456 g/mol. The van der Waals surface area contributed by atoms with Crippen LogP contribution in [0.1, 0.15) is 22.3 Å². The molecule has 32 heavy (non-hydrogen) atoms. The second kappa shape index (κ2) is 8.15. The fourth-order valence-electron chi connectivity index (χ4n) is 5.53. The van der Waals surface area contributed by atoms with Crippen LogP contribution in [0.3, 0.4) is 0 Å². The molecule has 1 N–H and O–H groups in total. The zero-order valence-electron chi connectivity index (χ0n) is 18.6. The van der Waals surface area contributed by atoms with Crippen LogP contribution in [-0.4, -0.2) is 77.4 Å². The number of aryl methyl sites for hydroxylation is 1. The standard InChI is InChI=1S/C23H28N4O4S/c1-25-17-8-15(31-3)4-5-16(17)21-22(25)18(10-28)27(20(29)11-30-2)14-23(21)12-26(13-23)9-19-24-6-7-32-19/h4-8,18,28H,9-14H2,1-3H3/t18-/m1/s1. The summed E-state index contributed by atoms with van der Waals surface area (Å²) in [6, 6.07) is 5.72. The van der Waals surface area contributed by atoms with E-state index in [2.05, 4.69) is 20.5 Å². The molecule has 0 saturated carbocycles. The van der Waals surface area contributed by atoms with Crippen LogP contribution in [0.15, 0.2) is 29.8 Å². The topological polar surface area (TPSA) is 80.1 Å². The number of nitrogens with zero attached hydrogens (tertiary/aromatic N) is 4. The molecule has 1 fully saturated rings. The number of ether oxygens (including phenoxy) is 2. The third-order valence-electron chi connectivity index (χ3n) is 6.80. The maximum Gasteiger partial charge on any atom is 0.249 e. The Balaban J connectivity index is 1.61. The van der Waals surface area contributed by atoms with Gasteiger partial charge in [-0.1, -0.05) is 0 Å². The van der Waals surface area contributed by atoms with E-state index in [1.807, 2.05) is 35.7 Å². The molecule has 1 amide bonds. The number of thiazole rings is 1. The molecule has 1 spiro atoms. The number of amides is 1. The molecule has 1 saturated heterocycles. The van der Waals surface area contributed by atoms with Crippen LogP contribution in [0.4, 0.5) is 0 Å². The van der Waals surface area contributed by atoms with Crippen molar-refractivity contribution in [2.75, 3.05) is 47.1 Å². The van der Waals surface area contributed by atoms with Crippen molar-refractivity contribution in [2.45, 2.75) is 18.0 Å². The molecule has 8 nitrogen and oxygen atoms in total. The van der Waals surface area contributed by atoms with Gasteiger partial charge >= 0.3 is 0 Å². The summed E-state index contributed by atoms with van der Waals surface area (Å²) in [6.07, 6.45) is 1.84. The second-order valence-electron chi connectivity index (χ2n) is 8.71. The third kappa shape index (κ3) is 3.23. The molecule has 170 valence electrons. The van der Waals surface area contributed by atoms with E-state index >= 15 is 0 Å². The first kappa shape index (κ1) is 21.4. The fraction of sp³-hybridized carbons (Fsp3) is 0.478. The molecule has 2 aromatic heterocycles. The number of hydrogen-bond donors (Lipinski definition) is 1. The van der Waals surface area contributed by atoms with Gasteiger partial charge in [0, 0.05) is 67.9 Å². The summed E-state index contributed by atoms with van der Waals surface area (Å²) >= 11 is 1.66. The maximum absolute atomic E-state index is 13.0. The zero-order chi connectivity index (χ0) is 22.5. The van der Waals surface area contributed by atoms with Gasteiger partial charge in [0.2, 0.25) is 5.91 Å². The van der Waals surface area contributed by atoms with E-state index in [1.165, 1.54) is 12.7 Å². The van der Waals surface area contributed by atoms with E-state index in [-0.39, 0.29) is 24.5 Å². The van der Waals surface area contributed by atoms with E-state index in [1.54, 1.807) is 18.4 Å². The Morgan fingerprint density at radius 2 is 2.12 bits per heavy atom. The van der Waals surface area contributed by atoms with Crippen molar-refractivity contribution < 1.29 is 19.4 Å². The van der Waals surface area contributed by atoms with Crippen molar-refractivity contribution in [1.29, 1.82) is 0 Å². The lowest BCUT2D eigenvalue weighted by Gasteiger charge is -2.56. The van der Waals surface area contributed by atoms with Crippen LogP contribution in [0.5, 0.6) is 5.75 Å². The molecule has 4 heterocycles. The van der Waals surface area contributed by atoms with Crippen LogP contribution in [0.2, 0.25) is 0 Å². The minimum Gasteiger partial charge on any atom is -0.497 e. The van der Waals surface area contributed by atoms with E-state index in [9.17, 15) is 9.90 Å². The summed E-state index contributed by atoms with van der Waals surface area (Å²) in [5.74, 6) is 0.689. The Morgan fingerprint density at radius 3 is 2.78 bits per heavy atom. The van der Waals surface area contributed by atoms with Gasteiger partial charge in [-0.2, -0.15) is 0 Å². The first-order valence-corrected chi connectivity index (χ1v) is 11.6. The van der Waals surface area contributed by atoms with Crippen molar-refractivity contribution in [3.05, 3.63) is 46.0 Å². The number of aromatic nitrogens is 2. The van der Waals surface area contributed by atoms with E-state index in [0.29, 0.717) is 6.54 Å². The van der Waals surface area contributed by atoms with Crippen molar-refractivity contribution in [3.63, 3.8) is 0 Å². The van der Waals surface area contributed by atoms with Crippen molar-refractivity contribution >= 4 is 28.1 Å². The number of aliphatic hydroxyl groups excluding tert-OH is 1. The number of fused-ring (bicyclic) bond motifs is 4. The Labute approximate surface area is 191 Å². The first-order valence-electron chi connectivity index (χ1n) is 10.7. The van der Waals surface area contributed by atoms with Crippen LogP contribution in [-0.2, 0) is 28.5 Å². The number of carbonyl (C=O) groups excluding carboxylic acids is 1. The Kier molecular flexibility index (Phi) is 5.45. The molecule has 0 bridgehead atoms. The molecule has 0 aliphatic carbocycles. The number of likely N-dealkylation sites (tertiary alicyclic amines) is 1. The summed E-state index contributed by atoms with van der Waals surface area (Å²) in [4.78, 5) is 21.6. The van der Waals surface area contributed by atoms with Gasteiger partial charge in [0.15, 0.2) is 0 Å². The molecule has 9 heteroatoms. The van der Waals surface area contributed by atoms with Gasteiger partial charge in [-0.3, -0.25) is 9.69 Å². The first-order chi connectivity index (χ1) is 15.5. The molecule has 1 aromatic carbocycles. The van der Waals surface area contributed by atoms with Crippen LogP contribution >= 0.6 is 11.3 Å². The van der Waals surface area contributed by atoms with E-state index in [4.69, 9.17) is 9.47 Å². The molecule has 3 aromatic rings. The summed E-state index contributed by atoms with van der Waals surface area (Å²) in [5, 5.41) is 14.6. The minimum absolute atomic E-state index is 0.00249. The second-order valence-corrected chi connectivity index (χ2v) is 9.69. The van der Waals surface area contributed by atoms with Gasteiger partial charge in [-0.05, 0) is 17.7 Å². The summed E-state index contributed by atoms with van der Waals surface area (Å²) < 4.78 is 12.7. The number of benzene rings is 1. The average Bonchev–Trinajstić information content (AvgIpc) is 3.39. The largest absolute Gasteiger partial charge is 0.497 e. The van der Waals surface area contributed by atoms with Gasteiger partial charge in [-0.25, -0.2) is 4.98 Å². The highest BCUT2D eigenvalue weighted by Gasteiger charge is 2.54. The van der Waals surface area contributed by atoms with Gasteiger partial charge in [0.1, 0.15) is 17.4 Å². The fourth-order valence-corrected chi connectivity index (χ4v) is 6.19. The molecule has 2 aliphatic heterocycles. The van der Waals surface area contributed by atoms with Crippen LogP contribution in [0, 0.1) is 0 Å². The number of hydrogen-bond acceptors (Lipinski definition) is 7. The normalized spacial score (nSPS) is 19.9. The lowest BCUT2D eigenvalue weighted by Crippen LogP contribution is -2.67. The number of carbonyl (C=O) groups is 1. The minimum atomic E-state index is -0.408. The summed E-state index contributed by atoms with van der Waals surface area (Å²) in [6.45, 7) is 2.90. The predicted molar refractivity (Wildman–Crippen MR) is 122 cm³/mol. The molecule has 1 atom stereocenters. The van der Waals surface area contributed by atoms with Gasteiger partial charge < -0.3 is 24.0 Å². The molecule has 0 radical (unpaired) electrons. The number of methoxy groups -OCH3 is 2. The van der Waals surface area contributed by atoms with Gasteiger partial charge in [-0.15, -0.1) is 11.3 Å². The highest BCUT2D eigenvalue weighted by Crippen LogP contribution is 2.49. The summed E-state index contributed by atoms with van der Waals surface area (Å²) in [7, 11) is 5.20. The lowest BCUT2D eigenvalue weighted by molar-refractivity contribution is -0.143. The van der Waals surface area contributed by atoms with Gasteiger partial charge in [0.25, 0.3) is 0 Å². The Bertz CT molecular complexity index is 1140. The molecule has 0 unspecified atom stereocenters. The zero-order valence-corrected chi connectivity index (χ0v) is 19.4. The van der Waals surface area contributed by atoms with E-state index in [0.717, 1.165) is 47.0 Å². The smallest absolute Gasteiger partial charge is 0.249 e. The van der Waals surface area contributed by atoms with Crippen LogP contribution in [0.25, 0.3) is 10.9 Å². The molecular weight excluding hydrogens is 428 g/mol. The van der Waals surface area contributed by atoms with E-state index < -0.39 is 6.04 Å². The quantitative estimate of drug-likeness (QED) is 0.611. The van der Waals surface area contributed by atoms with Crippen molar-refractivity contribution in [2.24, 2.45) is 7.05 Å².